The average Bonchev–Trinajstić information content (AvgIpc) is 2.87. The minimum Gasteiger partial charge on any atom is -0.486 e. The van der Waals surface area contributed by atoms with Gasteiger partial charge < -0.3 is 15.0 Å². The summed E-state index contributed by atoms with van der Waals surface area (Å²) in [7, 11) is 0. The number of para-hydroxylation sites is 1. The van der Waals surface area contributed by atoms with Crippen molar-refractivity contribution >= 4 is 22.1 Å². The van der Waals surface area contributed by atoms with Crippen LogP contribution in [0.25, 0.3) is 10.8 Å². The summed E-state index contributed by atoms with van der Waals surface area (Å²) in [5, 5.41) is 5.80. The molecular weight excluding hydrogens is 487 g/mol. The molecule has 0 spiro atoms. The van der Waals surface area contributed by atoms with E-state index in [9.17, 15) is 22.0 Å². The maximum atomic E-state index is 14.8. The number of nitrogens with one attached hydrogen (secondary N) is 1. The smallest absolute Gasteiger partial charge is 0.419 e. The van der Waals surface area contributed by atoms with Gasteiger partial charge in [0.05, 0.1) is 12.1 Å². The van der Waals surface area contributed by atoms with Crippen LogP contribution in [0.2, 0.25) is 0 Å². The molecule has 1 aliphatic rings. The largest absolute Gasteiger partial charge is 0.486 e. The second-order valence-corrected chi connectivity index (χ2v) is 9.13. The fraction of sp³-hybridized carbons (Fsp3) is 0.241. The van der Waals surface area contributed by atoms with Crippen molar-refractivity contribution in [3.8, 4) is 5.75 Å². The van der Waals surface area contributed by atoms with Gasteiger partial charge in [-0.15, -0.1) is 0 Å². The molecule has 0 saturated carbocycles. The Balaban J connectivity index is 1.35. The first-order chi connectivity index (χ1) is 17.7. The number of hydrogen-bond acceptors (Lipinski definition) is 3. The van der Waals surface area contributed by atoms with Gasteiger partial charge in [-0.3, -0.25) is 0 Å². The van der Waals surface area contributed by atoms with E-state index in [4.69, 9.17) is 4.74 Å². The minimum atomic E-state index is -4.87. The van der Waals surface area contributed by atoms with Crippen LogP contribution in [0.15, 0.2) is 78.9 Å². The van der Waals surface area contributed by atoms with Crippen molar-refractivity contribution < 1.29 is 26.7 Å². The van der Waals surface area contributed by atoms with Crippen molar-refractivity contribution in [3.63, 3.8) is 0 Å². The van der Waals surface area contributed by atoms with E-state index >= 15 is 0 Å². The van der Waals surface area contributed by atoms with Crippen molar-refractivity contribution in [3.05, 3.63) is 102 Å². The number of nitrogens with zero attached hydrogens (tertiary/aromatic N) is 1. The predicted octanol–water partition coefficient (Wildman–Crippen LogP) is 7.78. The summed E-state index contributed by atoms with van der Waals surface area (Å²) >= 11 is 0. The number of rotatable bonds is 6. The highest BCUT2D eigenvalue weighted by atomic mass is 19.4. The number of alkyl halides is 3. The maximum absolute atomic E-state index is 14.8. The average molecular weight is 513 g/mol. The van der Waals surface area contributed by atoms with Gasteiger partial charge >= 0.3 is 6.18 Å². The third-order valence-corrected chi connectivity index (χ3v) is 6.67. The Morgan fingerprint density at radius 2 is 1.70 bits per heavy atom. The Morgan fingerprint density at radius 1 is 0.946 bits per heavy atom. The van der Waals surface area contributed by atoms with Gasteiger partial charge in [-0.05, 0) is 66.6 Å². The van der Waals surface area contributed by atoms with Gasteiger partial charge in [0.25, 0.3) is 0 Å². The number of ether oxygens (including phenoxy) is 1. The fourth-order valence-electron chi connectivity index (χ4n) is 4.85. The van der Waals surface area contributed by atoms with E-state index in [0.717, 1.165) is 28.5 Å². The molecule has 4 aromatic carbocycles. The molecule has 2 unspecified atom stereocenters. The Labute approximate surface area is 211 Å². The minimum absolute atomic E-state index is 0.0376. The molecule has 2 atom stereocenters. The van der Waals surface area contributed by atoms with Gasteiger partial charge in [0.15, 0.2) is 5.82 Å². The van der Waals surface area contributed by atoms with Crippen LogP contribution in [0.1, 0.15) is 30.5 Å². The summed E-state index contributed by atoms with van der Waals surface area (Å²) in [5.41, 5.74) is -0.153. The third kappa shape index (κ3) is 5.11. The van der Waals surface area contributed by atoms with Gasteiger partial charge in [-0.1, -0.05) is 48.5 Å². The molecule has 0 fully saturated rings. The van der Waals surface area contributed by atoms with E-state index in [1.165, 1.54) is 23.1 Å². The summed E-state index contributed by atoms with van der Waals surface area (Å²) in [5.74, 6) is -1.77. The summed E-state index contributed by atoms with van der Waals surface area (Å²) in [6.45, 7) is 2.74. The van der Waals surface area contributed by atoms with Gasteiger partial charge in [0, 0.05) is 11.7 Å². The summed E-state index contributed by atoms with van der Waals surface area (Å²) in [6, 6.07) is 21.3. The first-order valence-electron chi connectivity index (χ1n) is 12.0. The molecule has 3 nitrogen and oxygen atoms in total. The Kier molecular flexibility index (Phi) is 6.77. The molecule has 37 heavy (non-hydrogen) atoms. The lowest BCUT2D eigenvalue weighted by Crippen LogP contribution is -2.40. The molecule has 0 radical (unpaired) electrons. The van der Waals surface area contributed by atoms with Crippen LogP contribution >= 0.6 is 0 Å². The quantitative estimate of drug-likeness (QED) is 0.267. The van der Waals surface area contributed by atoms with Crippen molar-refractivity contribution in [2.75, 3.05) is 18.0 Å². The molecule has 0 saturated heterocycles. The number of anilines is 2. The van der Waals surface area contributed by atoms with Gasteiger partial charge in [-0.2, -0.15) is 13.2 Å². The molecule has 0 aromatic heterocycles. The molecule has 8 heteroatoms. The van der Waals surface area contributed by atoms with Crippen molar-refractivity contribution in [1.29, 1.82) is 0 Å². The number of fused-ring (bicyclic) bond motifs is 2. The molecule has 192 valence electrons. The highest BCUT2D eigenvalue weighted by Gasteiger charge is 2.36. The third-order valence-electron chi connectivity index (χ3n) is 6.67. The Hall–Kier alpha value is -3.65. The monoisotopic (exact) mass is 512 g/mol. The van der Waals surface area contributed by atoms with Gasteiger partial charge in [0.1, 0.15) is 23.4 Å². The topological polar surface area (TPSA) is 24.5 Å². The lowest BCUT2D eigenvalue weighted by atomic mass is 9.99. The standard InChI is InChI=1S/C29H25F5N2O/c1-18(22-9-4-7-19-6-2-3-8-23(19)22)35-15-14-21-17-36(28-26(31)10-5-11-27(28)37-21)20-12-13-25(30)24(16-20)29(32,33)34/h2-13,16,18,21,35H,14-15,17H2,1H3. The van der Waals surface area contributed by atoms with Crippen LogP contribution in [0.5, 0.6) is 5.75 Å². The Morgan fingerprint density at radius 3 is 2.51 bits per heavy atom. The maximum Gasteiger partial charge on any atom is 0.419 e. The lowest BCUT2D eigenvalue weighted by molar-refractivity contribution is -0.139. The molecule has 4 aromatic rings. The second kappa shape index (κ2) is 10.0. The van der Waals surface area contributed by atoms with Crippen LogP contribution < -0.4 is 15.0 Å². The van der Waals surface area contributed by atoms with E-state index < -0.39 is 29.5 Å². The first-order valence-corrected chi connectivity index (χ1v) is 12.0. The van der Waals surface area contributed by atoms with Crippen molar-refractivity contribution in [2.45, 2.75) is 31.7 Å². The zero-order chi connectivity index (χ0) is 26.2. The molecule has 1 heterocycles. The molecule has 0 amide bonds. The molecule has 1 N–H and O–H groups in total. The lowest BCUT2D eigenvalue weighted by Gasteiger charge is -2.37. The molecular formula is C29H25F5N2O. The first kappa shape index (κ1) is 25.0. The van der Waals surface area contributed by atoms with Gasteiger partial charge in [0.2, 0.25) is 0 Å². The highest BCUT2D eigenvalue weighted by Crippen LogP contribution is 2.42. The molecule has 0 aliphatic carbocycles. The number of benzene rings is 4. The van der Waals surface area contributed by atoms with Crippen molar-refractivity contribution in [2.24, 2.45) is 0 Å². The van der Waals surface area contributed by atoms with Crippen LogP contribution in [0.4, 0.5) is 33.3 Å². The zero-order valence-electron chi connectivity index (χ0n) is 20.0. The summed E-state index contributed by atoms with van der Waals surface area (Å²) < 4.78 is 74.8. The van der Waals surface area contributed by atoms with Crippen LogP contribution in [0.3, 0.4) is 0 Å². The van der Waals surface area contributed by atoms with E-state index in [0.29, 0.717) is 13.0 Å². The summed E-state index contributed by atoms with van der Waals surface area (Å²) in [6.07, 6.45) is -4.78. The van der Waals surface area contributed by atoms with E-state index in [1.54, 1.807) is 6.07 Å². The fourth-order valence-corrected chi connectivity index (χ4v) is 4.85. The zero-order valence-corrected chi connectivity index (χ0v) is 20.0. The predicted molar refractivity (Wildman–Crippen MR) is 134 cm³/mol. The number of halogens is 5. The molecule has 5 rings (SSSR count). The van der Waals surface area contributed by atoms with Crippen LogP contribution in [-0.2, 0) is 6.18 Å². The summed E-state index contributed by atoms with van der Waals surface area (Å²) in [4.78, 5) is 1.43. The van der Waals surface area contributed by atoms with E-state index in [-0.39, 0.29) is 29.7 Å². The van der Waals surface area contributed by atoms with Crippen LogP contribution in [0, 0.1) is 11.6 Å². The SMILES string of the molecule is CC(NCCC1CN(c2ccc(F)c(C(F)(F)F)c2)c2c(F)cccc2O1)c1cccc2ccccc12. The van der Waals surface area contributed by atoms with E-state index in [1.807, 2.05) is 18.2 Å². The van der Waals surface area contributed by atoms with Crippen molar-refractivity contribution in [1.82, 2.24) is 5.32 Å². The van der Waals surface area contributed by atoms with Gasteiger partial charge in [-0.25, -0.2) is 8.78 Å². The molecule has 0 bridgehead atoms. The normalized spacial score (nSPS) is 16.4. The molecule has 1 aliphatic heterocycles. The Bertz CT molecular complexity index is 1420. The number of hydrogen-bond donors (Lipinski definition) is 1. The highest BCUT2D eigenvalue weighted by molar-refractivity contribution is 5.86. The second-order valence-electron chi connectivity index (χ2n) is 9.13. The van der Waals surface area contributed by atoms with Crippen LogP contribution in [-0.4, -0.2) is 19.2 Å². The van der Waals surface area contributed by atoms with E-state index in [2.05, 4.69) is 36.5 Å².